The molecule has 0 aromatic heterocycles. The van der Waals surface area contributed by atoms with Crippen LogP contribution < -0.4 is 5.32 Å². The zero-order valence-corrected chi connectivity index (χ0v) is 10.6. The van der Waals surface area contributed by atoms with Gasteiger partial charge in [-0.2, -0.15) is 0 Å². The van der Waals surface area contributed by atoms with E-state index in [1.807, 2.05) is 0 Å². The lowest BCUT2D eigenvalue weighted by Gasteiger charge is -2.29. The standard InChI is InChI=1S/C14H15NO4/c1-19-14(18)10-7-8-11(16)15-12(10)13(17)9-5-3-2-4-6-9/h2-6,10,12H,7-8H2,1H3,(H,15,16). The van der Waals surface area contributed by atoms with Gasteiger partial charge in [-0.3, -0.25) is 14.4 Å². The number of Topliss-reactive ketones (excluding diaryl/α,β-unsaturated/α-hetero) is 1. The maximum Gasteiger partial charge on any atom is 0.311 e. The summed E-state index contributed by atoms with van der Waals surface area (Å²) in [5.41, 5.74) is 0.476. The third kappa shape index (κ3) is 2.81. The van der Waals surface area contributed by atoms with E-state index < -0.39 is 17.9 Å². The minimum atomic E-state index is -0.837. The van der Waals surface area contributed by atoms with Crippen molar-refractivity contribution < 1.29 is 19.1 Å². The highest BCUT2D eigenvalue weighted by atomic mass is 16.5. The summed E-state index contributed by atoms with van der Waals surface area (Å²) in [5, 5.41) is 2.59. The van der Waals surface area contributed by atoms with Crippen LogP contribution >= 0.6 is 0 Å². The SMILES string of the molecule is COC(=O)C1CCC(=O)NC1C(=O)c1ccccc1. The molecule has 0 bridgehead atoms. The lowest BCUT2D eigenvalue weighted by atomic mass is 9.86. The van der Waals surface area contributed by atoms with Gasteiger partial charge in [-0.05, 0) is 6.42 Å². The Balaban J connectivity index is 2.25. The number of ether oxygens (including phenoxy) is 1. The first-order chi connectivity index (χ1) is 9.13. The van der Waals surface area contributed by atoms with Crippen molar-refractivity contribution in [2.75, 3.05) is 7.11 Å². The number of carbonyl (C=O) groups excluding carboxylic acids is 3. The summed E-state index contributed by atoms with van der Waals surface area (Å²) in [6.07, 6.45) is 0.570. The second-order valence-electron chi connectivity index (χ2n) is 4.44. The number of hydrogen-bond donors (Lipinski definition) is 1. The summed E-state index contributed by atoms with van der Waals surface area (Å²) in [7, 11) is 1.28. The molecule has 1 amide bonds. The van der Waals surface area contributed by atoms with Crippen LogP contribution in [0, 0.1) is 5.92 Å². The van der Waals surface area contributed by atoms with Crippen LogP contribution in [-0.4, -0.2) is 30.8 Å². The van der Waals surface area contributed by atoms with E-state index in [0.29, 0.717) is 12.0 Å². The van der Waals surface area contributed by atoms with E-state index >= 15 is 0 Å². The van der Waals surface area contributed by atoms with E-state index in [0.717, 1.165) is 0 Å². The van der Waals surface area contributed by atoms with Gasteiger partial charge in [-0.15, -0.1) is 0 Å². The Hall–Kier alpha value is -2.17. The molecule has 0 aliphatic carbocycles. The Morgan fingerprint density at radius 2 is 1.95 bits per heavy atom. The summed E-state index contributed by atoms with van der Waals surface area (Å²) in [4.78, 5) is 35.5. The van der Waals surface area contributed by atoms with E-state index in [2.05, 4.69) is 5.32 Å². The number of nitrogens with one attached hydrogen (secondary N) is 1. The minimum Gasteiger partial charge on any atom is -0.469 e. The van der Waals surface area contributed by atoms with Crippen molar-refractivity contribution in [1.82, 2.24) is 5.32 Å². The highest BCUT2D eigenvalue weighted by Crippen LogP contribution is 2.21. The number of carbonyl (C=O) groups is 3. The Morgan fingerprint density at radius 3 is 2.58 bits per heavy atom. The predicted molar refractivity (Wildman–Crippen MR) is 67.4 cm³/mol. The van der Waals surface area contributed by atoms with Gasteiger partial charge in [0.25, 0.3) is 0 Å². The molecule has 1 N–H and O–H groups in total. The Kier molecular flexibility index (Phi) is 3.94. The quantitative estimate of drug-likeness (QED) is 0.649. The molecule has 1 aliphatic heterocycles. The molecular formula is C14H15NO4. The largest absolute Gasteiger partial charge is 0.469 e. The van der Waals surface area contributed by atoms with Gasteiger partial charge in [-0.25, -0.2) is 0 Å². The van der Waals surface area contributed by atoms with E-state index in [4.69, 9.17) is 4.74 Å². The lowest BCUT2D eigenvalue weighted by Crippen LogP contribution is -2.52. The zero-order chi connectivity index (χ0) is 13.8. The van der Waals surface area contributed by atoms with E-state index in [-0.39, 0.29) is 18.1 Å². The van der Waals surface area contributed by atoms with Crippen LogP contribution in [0.3, 0.4) is 0 Å². The van der Waals surface area contributed by atoms with Gasteiger partial charge < -0.3 is 10.1 Å². The fraction of sp³-hybridized carbons (Fsp3) is 0.357. The number of methoxy groups -OCH3 is 1. The fourth-order valence-corrected chi connectivity index (χ4v) is 2.24. The highest BCUT2D eigenvalue weighted by molar-refractivity contribution is 6.04. The fourth-order valence-electron chi connectivity index (χ4n) is 2.24. The summed E-state index contributed by atoms with van der Waals surface area (Å²) >= 11 is 0. The predicted octanol–water partition coefficient (Wildman–Crippen LogP) is 0.937. The normalized spacial score (nSPS) is 22.5. The van der Waals surface area contributed by atoms with Crippen molar-refractivity contribution in [3.63, 3.8) is 0 Å². The molecule has 5 nitrogen and oxygen atoms in total. The summed E-state index contributed by atoms with van der Waals surface area (Å²) in [6, 6.07) is 7.77. The molecule has 19 heavy (non-hydrogen) atoms. The van der Waals surface area contributed by atoms with Gasteiger partial charge in [-0.1, -0.05) is 30.3 Å². The van der Waals surface area contributed by atoms with Crippen molar-refractivity contribution in [3.8, 4) is 0 Å². The Morgan fingerprint density at radius 1 is 1.26 bits per heavy atom. The van der Waals surface area contributed by atoms with Crippen molar-refractivity contribution in [2.45, 2.75) is 18.9 Å². The second-order valence-corrected chi connectivity index (χ2v) is 4.44. The first kappa shape index (κ1) is 13.3. The number of amides is 1. The molecule has 5 heteroatoms. The molecule has 2 unspecified atom stereocenters. The Labute approximate surface area is 110 Å². The van der Waals surface area contributed by atoms with Crippen LogP contribution in [0.4, 0.5) is 0 Å². The van der Waals surface area contributed by atoms with E-state index in [1.165, 1.54) is 7.11 Å². The Bertz CT molecular complexity index is 497. The maximum absolute atomic E-state index is 12.4. The van der Waals surface area contributed by atoms with Crippen LogP contribution in [0.15, 0.2) is 30.3 Å². The molecule has 0 spiro atoms. The smallest absolute Gasteiger partial charge is 0.311 e. The van der Waals surface area contributed by atoms with Crippen LogP contribution in [0.5, 0.6) is 0 Å². The van der Waals surface area contributed by atoms with E-state index in [1.54, 1.807) is 30.3 Å². The average molecular weight is 261 g/mol. The lowest BCUT2D eigenvalue weighted by molar-refractivity contribution is -0.147. The van der Waals surface area contributed by atoms with Crippen molar-refractivity contribution in [2.24, 2.45) is 5.92 Å². The number of benzene rings is 1. The molecule has 1 heterocycles. The topological polar surface area (TPSA) is 72.5 Å². The monoisotopic (exact) mass is 261 g/mol. The van der Waals surface area contributed by atoms with Gasteiger partial charge in [0.15, 0.2) is 5.78 Å². The first-order valence-electron chi connectivity index (χ1n) is 6.10. The van der Waals surface area contributed by atoms with Crippen molar-refractivity contribution in [1.29, 1.82) is 0 Å². The molecule has 1 aromatic carbocycles. The van der Waals surface area contributed by atoms with E-state index in [9.17, 15) is 14.4 Å². The molecule has 1 fully saturated rings. The van der Waals surface area contributed by atoms with Crippen LogP contribution in [0.2, 0.25) is 0 Å². The molecule has 1 aromatic rings. The number of esters is 1. The molecule has 0 radical (unpaired) electrons. The molecule has 100 valence electrons. The van der Waals surface area contributed by atoms with Gasteiger partial charge in [0.05, 0.1) is 13.0 Å². The van der Waals surface area contributed by atoms with Crippen molar-refractivity contribution >= 4 is 17.7 Å². The zero-order valence-electron chi connectivity index (χ0n) is 10.6. The van der Waals surface area contributed by atoms with Crippen LogP contribution in [0.1, 0.15) is 23.2 Å². The van der Waals surface area contributed by atoms with Gasteiger partial charge >= 0.3 is 5.97 Å². The summed E-state index contributed by atoms with van der Waals surface area (Å²) < 4.78 is 4.70. The van der Waals surface area contributed by atoms with Crippen LogP contribution in [-0.2, 0) is 14.3 Å². The average Bonchev–Trinajstić information content (AvgIpc) is 2.46. The van der Waals surface area contributed by atoms with Gasteiger partial charge in [0.2, 0.25) is 5.91 Å². The third-order valence-corrected chi connectivity index (χ3v) is 3.25. The van der Waals surface area contributed by atoms with Gasteiger partial charge in [0, 0.05) is 12.0 Å². The molecule has 2 rings (SSSR count). The van der Waals surface area contributed by atoms with Crippen molar-refractivity contribution in [3.05, 3.63) is 35.9 Å². The summed E-state index contributed by atoms with van der Waals surface area (Å²) in [5.74, 6) is -1.55. The minimum absolute atomic E-state index is 0.213. The third-order valence-electron chi connectivity index (χ3n) is 3.25. The number of piperidine rings is 1. The maximum atomic E-state index is 12.4. The molecule has 2 atom stereocenters. The number of hydrogen-bond acceptors (Lipinski definition) is 4. The molecule has 0 saturated carbocycles. The first-order valence-corrected chi connectivity index (χ1v) is 6.10. The number of ketones is 1. The second kappa shape index (κ2) is 5.65. The molecule has 1 saturated heterocycles. The highest BCUT2D eigenvalue weighted by Gasteiger charge is 2.39. The number of rotatable bonds is 3. The van der Waals surface area contributed by atoms with Crippen LogP contribution in [0.25, 0.3) is 0 Å². The molecule has 1 aliphatic rings. The summed E-state index contributed by atoms with van der Waals surface area (Å²) in [6.45, 7) is 0. The molecular weight excluding hydrogens is 246 g/mol. The van der Waals surface area contributed by atoms with Gasteiger partial charge in [0.1, 0.15) is 6.04 Å².